The molecule has 154 valence electrons. The van der Waals surface area contributed by atoms with Crippen molar-refractivity contribution in [3.63, 3.8) is 0 Å². The number of methoxy groups -OCH3 is 1. The van der Waals surface area contributed by atoms with Gasteiger partial charge in [0.05, 0.1) is 13.7 Å². The van der Waals surface area contributed by atoms with Gasteiger partial charge in [0.2, 0.25) is 0 Å². The number of unbranched alkanes of at least 4 members (excludes halogenated alkanes) is 2. The maximum Gasteiger partial charge on any atom is 0.305 e. The van der Waals surface area contributed by atoms with Crippen molar-refractivity contribution in [2.24, 2.45) is 4.99 Å². The molecule has 1 aromatic carbocycles. The second kappa shape index (κ2) is 15.5. The van der Waals surface area contributed by atoms with E-state index in [2.05, 4.69) is 20.4 Å². The Labute approximate surface area is 178 Å². The van der Waals surface area contributed by atoms with E-state index in [1.807, 2.05) is 13.8 Å². The lowest BCUT2D eigenvalue weighted by Gasteiger charge is -2.15. The maximum absolute atomic E-state index is 13.6. The van der Waals surface area contributed by atoms with E-state index >= 15 is 0 Å². The van der Waals surface area contributed by atoms with E-state index in [0.717, 1.165) is 32.4 Å². The molecule has 0 aliphatic rings. The number of benzene rings is 1. The van der Waals surface area contributed by atoms with E-state index in [0.29, 0.717) is 18.9 Å². The molecule has 0 aliphatic heterocycles. The minimum atomic E-state index is -0.375. The number of rotatable bonds is 11. The van der Waals surface area contributed by atoms with Crippen LogP contribution in [0.1, 0.15) is 39.5 Å². The van der Waals surface area contributed by atoms with Crippen LogP contribution in [-0.4, -0.2) is 44.8 Å². The van der Waals surface area contributed by atoms with Crippen LogP contribution in [0.2, 0.25) is 0 Å². The van der Waals surface area contributed by atoms with Crippen LogP contribution in [0.25, 0.3) is 0 Å². The normalized spacial score (nSPS) is 11.9. The fourth-order valence-electron chi connectivity index (χ4n) is 2.24. The largest absolute Gasteiger partial charge is 0.486 e. The third kappa shape index (κ3) is 11.7. The highest BCUT2D eigenvalue weighted by atomic mass is 127. The molecule has 2 N–H and O–H groups in total. The fourth-order valence-corrected chi connectivity index (χ4v) is 2.24. The molecule has 0 spiro atoms. The molecule has 0 fully saturated rings. The summed E-state index contributed by atoms with van der Waals surface area (Å²) in [6, 6.07) is 6.34. The van der Waals surface area contributed by atoms with Crippen molar-refractivity contribution in [2.45, 2.75) is 45.6 Å². The molecule has 0 radical (unpaired) electrons. The Bertz CT molecular complexity index is 573. The molecule has 8 heteroatoms. The van der Waals surface area contributed by atoms with Crippen LogP contribution < -0.4 is 15.4 Å². The smallest absolute Gasteiger partial charge is 0.305 e. The van der Waals surface area contributed by atoms with Gasteiger partial charge in [-0.3, -0.25) is 4.79 Å². The third-order valence-electron chi connectivity index (χ3n) is 3.59. The molecular formula is C19H31FIN3O3. The molecule has 1 unspecified atom stereocenters. The highest BCUT2D eigenvalue weighted by Crippen LogP contribution is 2.16. The summed E-state index contributed by atoms with van der Waals surface area (Å²) in [6.45, 7) is 5.76. The highest BCUT2D eigenvalue weighted by Gasteiger charge is 2.08. The van der Waals surface area contributed by atoms with Gasteiger partial charge in [-0.2, -0.15) is 0 Å². The molecule has 6 nitrogen and oxygen atoms in total. The van der Waals surface area contributed by atoms with Crippen molar-refractivity contribution in [1.82, 2.24) is 10.6 Å². The first-order valence-corrected chi connectivity index (χ1v) is 9.07. The first-order valence-electron chi connectivity index (χ1n) is 9.07. The predicted octanol–water partition coefficient (Wildman–Crippen LogP) is 3.50. The lowest BCUT2D eigenvalue weighted by atomic mass is 10.2. The average Bonchev–Trinajstić information content (AvgIpc) is 2.64. The lowest BCUT2D eigenvalue weighted by Crippen LogP contribution is -2.38. The SMILES string of the molecule is CCNC(=NCC(C)Oc1ccccc1F)NCCCCCC(=O)OC.I. The summed E-state index contributed by atoms with van der Waals surface area (Å²) in [5.74, 6) is 0.389. The minimum Gasteiger partial charge on any atom is -0.486 e. The Morgan fingerprint density at radius 1 is 1.22 bits per heavy atom. The summed E-state index contributed by atoms with van der Waals surface area (Å²) >= 11 is 0. The zero-order valence-corrected chi connectivity index (χ0v) is 18.6. The number of nitrogens with one attached hydrogen (secondary N) is 2. The number of hydrogen-bond donors (Lipinski definition) is 2. The van der Waals surface area contributed by atoms with Crippen molar-refractivity contribution in [3.8, 4) is 5.75 Å². The molecule has 0 aromatic heterocycles. The topological polar surface area (TPSA) is 72.0 Å². The van der Waals surface area contributed by atoms with Crippen LogP contribution in [0.4, 0.5) is 4.39 Å². The van der Waals surface area contributed by atoms with Crippen molar-refractivity contribution in [3.05, 3.63) is 30.1 Å². The fraction of sp³-hybridized carbons (Fsp3) is 0.579. The van der Waals surface area contributed by atoms with E-state index in [1.54, 1.807) is 18.2 Å². The van der Waals surface area contributed by atoms with Gasteiger partial charge in [0.25, 0.3) is 0 Å². The van der Waals surface area contributed by atoms with Gasteiger partial charge in [-0.1, -0.05) is 18.6 Å². The number of ether oxygens (including phenoxy) is 2. The van der Waals surface area contributed by atoms with E-state index in [1.165, 1.54) is 13.2 Å². The highest BCUT2D eigenvalue weighted by molar-refractivity contribution is 14.0. The second-order valence-electron chi connectivity index (χ2n) is 5.89. The van der Waals surface area contributed by atoms with Gasteiger partial charge in [0, 0.05) is 19.5 Å². The van der Waals surface area contributed by atoms with Crippen LogP contribution in [0.15, 0.2) is 29.3 Å². The first-order chi connectivity index (χ1) is 12.6. The van der Waals surface area contributed by atoms with Gasteiger partial charge in [-0.25, -0.2) is 9.38 Å². The van der Waals surface area contributed by atoms with Gasteiger partial charge in [0.1, 0.15) is 6.10 Å². The summed E-state index contributed by atoms with van der Waals surface area (Å²) in [4.78, 5) is 15.5. The molecular weight excluding hydrogens is 464 g/mol. The van der Waals surface area contributed by atoms with E-state index in [4.69, 9.17) is 4.74 Å². The zero-order chi connectivity index (χ0) is 19.2. The molecule has 1 atom stereocenters. The summed E-state index contributed by atoms with van der Waals surface area (Å²) < 4.78 is 23.8. The summed E-state index contributed by atoms with van der Waals surface area (Å²) in [7, 11) is 1.40. The molecule has 0 amide bonds. The van der Waals surface area contributed by atoms with Gasteiger partial charge < -0.3 is 20.1 Å². The van der Waals surface area contributed by atoms with E-state index in [-0.39, 0.29) is 47.6 Å². The molecule has 27 heavy (non-hydrogen) atoms. The van der Waals surface area contributed by atoms with Crippen LogP contribution in [-0.2, 0) is 9.53 Å². The van der Waals surface area contributed by atoms with Crippen molar-refractivity contribution in [1.29, 1.82) is 0 Å². The number of hydrogen-bond acceptors (Lipinski definition) is 4. The Morgan fingerprint density at radius 3 is 2.63 bits per heavy atom. The Kier molecular flexibility index (Phi) is 14.6. The van der Waals surface area contributed by atoms with Crippen molar-refractivity contribution < 1.29 is 18.7 Å². The summed E-state index contributed by atoms with van der Waals surface area (Å²) in [6.07, 6.45) is 2.89. The monoisotopic (exact) mass is 495 g/mol. The average molecular weight is 495 g/mol. The molecule has 1 rings (SSSR count). The number of guanidine groups is 1. The molecule has 1 aromatic rings. The Hall–Kier alpha value is -1.58. The first kappa shape index (κ1) is 25.4. The standard InChI is InChI=1S/C19H30FN3O3.HI/c1-4-21-19(22-13-9-5-6-12-18(24)25-3)23-14-15(2)26-17-11-8-7-10-16(17)20;/h7-8,10-11,15H,4-6,9,12-14H2,1-3H3,(H2,21,22,23);1H. The molecule has 0 bridgehead atoms. The number of nitrogens with zero attached hydrogens (tertiary/aromatic N) is 1. The number of esters is 1. The Morgan fingerprint density at radius 2 is 1.96 bits per heavy atom. The van der Waals surface area contributed by atoms with Crippen LogP contribution in [0.5, 0.6) is 5.75 Å². The predicted molar refractivity (Wildman–Crippen MR) is 116 cm³/mol. The number of carbonyl (C=O) groups is 1. The van der Waals surface area contributed by atoms with Gasteiger partial charge >= 0.3 is 5.97 Å². The molecule has 0 aliphatic carbocycles. The number of para-hydroxylation sites is 1. The van der Waals surface area contributed by atoms with Crippen molar-refractivity contribution >= 4 is 35.9 Å². The number of halogens is 2. The van der Waals surface area contributed by atoms with Crippen LogP contribution in [0.3, 0.4) is 0 Å². The molecule has 0 saturated heterocycles. The van der Waals surface area contributed by atoms with Crippen LogP contribution in [0, 0.1) is 5.82 Å². The maximum atomic E-state index is 13.6. The number of aliphatic imine (C=N–C) groups is 1. The van der Waals surface area contributed by atoms with E-state index < -0.39 is 0 Å². The van der Waals surface area contributed by atoms with Gasteiger partial charge in [-0.15, -0.1) is 24.0 Å². The van der Waals surface area contributed by atoms with Crippen LogP contribution >= 0.6 is 24.0 Å². The summed E-state index contributed by atoms with van der Waals surface area (Å²) in [5.41, 5.74) is 0. The van der Waals surface area contributed by atoms with Crippen molar-refractivity contribution in [2.75, 3.05) is 26.7 Å². The third-order valence-corrected chi connectivity index (χ3v) is 3.59. The molecule has 0 heterocycles. The quantitative estimate of drug-likeness (QED) is 0.162. The second-order valence-corrected chi connectivity index (χ2v) is 5.89. The zero-order valence-electron chi connectivity index (χ0n) is 16.3. The summed E-state index contributed by atoms with van der Waals surface area (Å²) in [5, 5.41) is 6.41. The lowest BCUT2D eigenvalue weighted by molar-refractivity contribution is -0.140. The van der Waals surface area contributed by atoms with Gasteiger partial charge in [0.15, 0.2) is 17.5 Å². The van der Waals surface area contributed by atoms with Gasteiger partial charge in [-0.05, 0) is 38.8 Å². The number of carbonyl (C=O) groups excluding carboxylic acids is 1. The minimum absolute atomic E-state index is 0. The Balaban J connectivity index is 0.00000676. The molecule has 0 saturated carbocycles. The van der Waals surface area contributed by atoms with E-state index in [9.17, 15) is 9.18 Å².